The van der Waals surface area contributed by atoms with Crippen molar-refractivity contribution in [2.45, 2.75) is 148 Å². The molecule has 5 aromatic carbocycles. The van der Waals surface area contributed by atoms with Crippen LogP contribution in [-0.4, -0.2) is 164 Å². The number of carbonyl (C=O) groups is 7. The molecule has 4 heterocycles. The van der Waals surface area contributed by atoms with Crippen LogP contribution in [0.5, 0.6) is 0 Å². The number of amides is 2. The molecule has 130 heavy (non-hydrogen) atoms. The SMILES string of the molecule is CC1=CC(C)=C(CNC(=O)c2cc(Cl)cc(-n3c(C)cnc3C)c2C)C(=O)C1.CCCNC(C)=O.COC(=O)c1cc(Cl)cc(-n2c(C)cnc2C)c1C.COC(=O)c1cc(Cl)cc(N)c1C.COC(=O)c1cc(Cl)cc([N+](=O)[O-])c1C.Cc1c(C(=O)O)cc(Cl)cc1-n1c(C)cnc1C.Cc1cc(C)c(CN)c(=O)[nH]1.O=S(=O)(O)C(F)(F)F.O=S(=O)(O)C(F)(F)F.[2H]CF.[Zn]. The quantitative estimate of drug-likeness (QED) is 0.00577. The molecule has 47 heteroatoms. The van der Waals surface area contributed by atoms with E-state index < -0.39 is 67.2 Å². The summed E-state index contributed by atoms with van der Waals surface area (Å²) in [5.74, 6) is -0.102. The number of carbonyl (C=O) groups excluding carboxylic acids is 6. The number of allylic oxidation sites excluding steroid dienone is 3. The molecule has 0 unspecified atom stereocenters. The molecule has 32 nitrogen and oxygen atoms in total. The number of nitro groups is 1. The molecule has 10 rings (SSSR count). The fourth-order valence-electron chi connectivity index (χ4n) is 11.5. The summed E-state index contributed by atoms with van der Waals surface area (Å²) >= 11 is 29.8. The summed E-state index contributed by atoms with van der Waals surface area (Å²) in [6.45, 7) is 32.7. The minimum Gasteiger partial charge on any atom is -0.478 e. The van der Waals surface area contributed by atoms with Crippen molar-refractivity contribution in [2.24, 2.45) is 5.73 Å². The van der Waals surface area contributed by atoms with E-state index >= 15 is 0 Å². The van der Waals surface area contributed by atoms with Crippen LogP contribution in [0, 0.1) is 100 Å². The van der Waals surface area contributed by atoms with Crippen molar-refractivity contribution in [3.05, 3.63) is 261 Å². The number of nitrogens with one attached hydrogen (secondary N) is 3. The van der Waals surface area contributed by atoms with Crippen LogP contribution in [-0.2, 0) is 70.1 Å². The van der Waals surface area contributed by atoms with E-state index in [0.717, 1.165) is 98.1 Å². The molecule has 0 spiro atoms. The summed E-state index contributed by atoms with van der Waals surface area (Å²) in [5, 5.41) is 27.3. The number of alkyl halides is 7. The number of benzene rings is 5. The van der Waals surface area contributed by atoms with Gasteiger partial charge in [0.1, 0.15) is 17.5 Å². The van der Waals surface area contributed by atoms with Gasteiger partial charge >= 0.3 is 55.1 Å². The van der Waals surface area contributed by atoms with Crippen LogP contribution in [0.4, 0.5) is 42.1 Å². The van der Waals surface area contributed by atoms with Crippen LogP contribution < -0.4 is 27.7 Å². The average molecular weight is 2020 g/mol. The van der Waals surface area contributed by atoms with Crippen molar-refractivity contribution >= 4 is 131 Å². The summed E-state index contributed by atoms with van der Waals surface area (Å²) < 4.78 is 150. The number of nitrogens with zero attached hydrogens (tertiary/aromatic N) is 7. The molecule has 4 aromatic heterocycles. The van der Waals surface area contributed by atoms with Crippen molar-refractivity contribution < 1.29 is 135 Å². The number of Topliss-reactive ketones (excluding diaryl/α,β-unsaturated/α-hetero) is 1. The van der Waals surface area contributed by atoms with Crippen LogP contribution in [0.25, 0.3) is 17.1 Å². The number of hydrogen-bond donors (Lipinski definition) is 8. The molecule has 0 saturated heterocycles. The predicted octanol–water partition coefficient (Wildman–Crippen LogP) is 17.5. The van der Waals surface area contributed by atoms with Gasteiger partial charge in [-0.1, -0.05) is 76.6 Å². The Balaban J connectivity index is 0.00000149. The third-order valence-corrected chi connectivity index (χ3v) is 20.1. The Labute approximate surface area is 784 Å². The number of anilines is 1. The van der Waals surface area contributed by atoms with Gasteiger partial charge in [-0.2, -0.15) is 43.2 Å². The van der Waals surface area contributed by atoms with E-state index in [4.69, 9.17) is 107 Å². The van der Waals surface area contributed by atoms with Crippen molar-refractivity contribution in [3.8, 4) is 17.1 Å². The third kappa shape index (κ3) is 35.5. The van der Waals surface area contributed by atoms with E-state index in [-0.39, 0.29) is 76.6 Å². The third-order valence-electron chi connectivity index (χ3n) is 17.8. The minimum atomic E-state index is -5.84. The number of pyridine rings is 1. The summed E-state index contributed by atoms with van der Waals surface area (Å²) in [4.78, 5) is 117. The second-order valence-corrected chi connectivity index (χ2v) is 32.4. The normalized spacial score (nSPS) is 11.4. The summed E-state index contributed by atoms with van der Waals surface area (Å²) in [6, 6.07) is 17.8. The number of nitrogen functional groups attached to an aromatic ring is 1. The molecule has 1 aliphatic carbocycles. The number of H-pyrrole nitrogens is 1. The number of carboxylic acids is 1. The molecule has 0 atom stereocenters. The molecule has 1 aliphatic rings. The van der Waals surface area contributed by atoms with Crippen LogP contribution in [0.2, 0.25) is 25.1 Å². The van der Waals surface area contributed by atoms with Gasteiger partial charge in [0, 0.05) is 153 Å². The number of hydrogen-bond acceptors (Lipinski definition) is 22. The van der Waals surface area contributed by atoms with Gasteiger partial charge in [0.15, 0.2) is 5.78 Å². The summed E-state index contributed by atoms with van der Waals surface area (Å²) in [7, 11) is -8.80. The fourth-order valence-corrected chi connectivity index (χ4v) is 12.5. The molecular formula is C83H98Cl5F7N12O20S2Zn. The van der Waals surface area contributed by atoms with E-state index in [1.807, 2.05) is 128 Å². The van der Waals surface area contributed by atoms with Gasteiger partial charge in [0.05, 0.1) is 74.1 Å². The van der Waals surface area contributed by atoms with Gasteiger partial charge in [-0.3, -0.25) is 42.8 Å². The van der Waals surface area contributed by atoms with Gasteiger partial charge in [-0.25, -0.2) is 34.1 Å². The minimum absolute atomic E-state index is 0. The number of imidazole rings is 3. The predicted molar refractivity (Wildman–Crippen MR) is 477 cm³/mol. The largest absolute Gasteiger partial charge is 0.522 e. The van der Waals surface area contributed by atoms with Gasteiger partial charge in [-0.15, -0.1) is 0 Å². The first-order chi connectivity index (χ1) is 59.9. The molecule has 0 fully saturated rings. The number of methoxy groups -OCH3 is 3. The zero-order chi connectivity index (χ0) is 101. The molecule has 0 radical (unpaired) electrons. The number of esters is 3. The first-order valence-electron chi connectivity index (χ1n) is 37.8. The average Bonchev–Trinajstić information content (AvgIpc) is 1.75. The molecule has 708 valence electrons. The maximum atomic E-state index is 12.9. The monoisotopic (exact) mass is 2020 g/mol. The Morgan fingerprint density at radius 3 is 1.23 bits per heavy atom. The zero-order valence-corrected chi connectivity index (χ0v) is 82.4. The Hall–Kier alpha value is -10.8. The molecule has 9 aromatic rings. The number of aromatic nitrogens is 7. The summed E-state index contributed by atoms with van der Waals surface area (Å²) in [6.07, 6.45) is 8.73. The fraction of sp³-hybridized carbons (Fsp3) is 0.337. The van der Waals surface area contributed by atoms with E-state index in [1.165, 1.54) is 53.4 Å². The Morgan fingerprint density at radius 1 is 0.585 bits per heavy atom. The number of carboxylic acid groups (broad SMARTS) is 1. The standard InChI is InChI=1S/C22H24ClN3O2.C14H15ClN2O2.C13H13ClN2O2.C9H8ClNO4.C9H10ClNO2.C8H12N2O.C5H11NO.2CHF3O3S.CH3F.Zn/c1-12-6-13(2)19(21(27)7-12)11-25-22(28)18-8-17(23)9-20(15(18)4)26-14(3)10-24-16(26)5;1-8-7-16-10(3)17(8)13-6-11(15)5-12(9(13)2)14(18)19-4;1-7-6-15-9(3)16(7)12-5-10(14)4-11(8(12)2)13(17)18;1-5-7(9(12)15-2)3-6(10)4-8(5)11(13)14;1-5-7(9(12)13-2)3-6(10)4-8(5)11;1-5-3-6(2)10-8(11)7(5)4-9;1-3-4-6-5(2)7;2*2-1(3,4)8(5,6)7;1-2;/h6,8-10H,7,11H2,1-5H3,(H,25,28);5-7H,1-4H3;4-6H,1-3H3,(H,17,18);3-4H,1-2H3;3-4H,11H2,1-2H3;3H,4,9H2,1-2H3,(H,10,11);3-4H2,1-2H3,(H,6,7);2*(H,5,6,7);1H3;/i;;;;;;;;;1D;. The van der Waals surface area contributed by atoms with Crippen molar-refractivity contribution in [1.82, 2.24) is 44.3 Å². The van der Waals surface area contributed by atoms with Crippen molar-refractivity contribution in [2.75, 3.05) is 47.3 Å². The number of aryl methyl sites for hydroxylation is 8. The second-order valence-electron chi connectivity index (χ2n) is 27.3. The molecule has 2 amide bonds. The molecular weight excluding hydrogens is 1920 g/mol. The molecule has 0 bridgehead atoms. The maximum Gasteiger partial charge on any atom is 0.522 e. The number of aromatic carboxylic acids is 1. The maximum absolute atomic E-state index is 12.9. The molecule has 0 aliphatic heterocycles. The van der Waals surface area contributed by atoms with Crippen LogP contribution in [0.1, 0.15) is 173 Å². The van der Waals surface area contributed by atoms with Crippen molar-refractivity contribution in [3.63, 3.8) is 0 Å². The summed E-state index contributed by atoms with van der Waals surface area (Å²) in [5.41, 5.74) is 15.5. The number of rotatable bonds is 14. The molecule has 0 saturated carbocycles. The second kappa shape index (κ2) is 53.5. The van der Waals surface area contributed by atoms with Crippen LogP contribution in [0.3, 0.4) is 0 Å². The van der Waals surface area contributed by atoms with Crippen molar-refractivity contribution in [1.29, 1.82) is 0 Å². The number of nitrogens with two attached hydrogens (primary N) is 2. The number of aromatic amines is 1. The molecule has 10 N–H and O–H groups in total. The topological polar surface area (TPSA) is 482 Å². The first kappa shape index (κ1) is 117. The van der Waals surface area contributed by atoms with Gasteiger partial charge in [0.2, 0.25) is 5.91 Å². The van der Waals surface area contributed by atoms with E-state index in [2.05, 4.69) is 40.0 Å². The number of nitro benzene ring substituents is 1. The van der Waals surface area contributed by atoms with Crippen LogP contribution >= 0.6 is 58.0 Å². The Bertz CT molecular complexity index is 5890. The zero-order valence-electron chi connectivity index (χ0n) is 75.0. The van der Waals surface area contributed by atoms with E-state index in [9.17, 15) is 79.2 Å². The Kier molecular flexibility index (Phi) is 48.3. The number of ketones is 1. The smallest absolute Gasteiger partial charge is 0.478 e. The number of halogens is 12. The van der Waals surface area contributed by atoms with Crippen LogP contribution in [0.15, 0.2) is 113 Å². The first-order valence-corrected chi connectivity index (χ1v) is 41.9. The van der Waals surface area contributed by atoms with Gasteiger partial charge in [0.25, 0.3) is 17.2 Å². The van der Waals surface area contributed by atoms with Gasteiger partial charge in [-0.05, 0) is 204 Å². The Morgan fingerprint density at radius 2 is 0.923 bits per heavy atom. The van der Waals surface area contributed by atoms with E-state index in [0.29, 0.717) is 77.7 Å². The van der Waals surface area contributed by atoms with E-state index in [1.54, 1.807) is 62.8 Å². The van der Waals surface area contributed by atoms with Gasteiger partial charge < -0.3 is 60.1 Å². The number of ether oxygens (including phenoxy) is 3.